The third-order valence-electron chi connectivity index (χ3n) is 3.60. The lowest BCUT2D eigenvalue weighted by atomic mass is 9.95. The average Bonchev–Trinajstić information content (AvgIpc) is 2.44. The lowest BCUT2D eigenvalue weighted by Gasteiger charge is -2.21. The third kappa shape index (κ3) is 3.11. The molecule has 0 heterocycles. The highest BCUT2D eigenvalue weighted by Gasteiger charge is 2.18. The summed E-state index contributed by atoms with van der Waals surface area (Å²) in [4.78, 5) is 0. The van der Waals surface area contributed by atoms with Gasteiger partial charge in [0.05, 0.1) is 17.6 Å². The number of hydrogen-bond acceptors (Lipinski definition) is 2. The summed E-state index contributed by atoms with van der Waals surface area (Å²) < 4.78 is 19.7. The summed E-state index contributed by atoms with van der Waals surface area (Å²) in [5.41, 5.74) is 4.10. The van der Waals surface area contributed by atoms with Gasteiger partial charge in [-0.25, -0.2) is 4.39 Å². The fourth-order valence-corrected chi connectivity index (χ4v) is 3.21. The van der Waals surface area contributed by atoms with Crippen LogP contribution in [0.4, 0.5) is 4.39 Å². The first-order chi connectivity index (χ1) is 9.99. The Labute approximate surface area is 133 Å². The number of methoxy groups -OCH3 is 1. The van der Waals surface area contributed by atoms with Gasteiger partial charge in [0.25, 0.3) is 0 Å². The third-order valence-corrected chi connectivity index (χ3v) is 4.44. The van der Waals surface area contributed by atoms with E-state index in [1.807, 2.05) is 27.0 Å². The first-order valence-corrected chi connectivity index (χ1v) is 7.55. The van der Waals surface area contributed by atoms with Crippen LogP contribution in [-0.2, 0) is 0 Å². The molecule has 112 valence electrons. The summed E-state index contributed by atoms with van der Waals surface area (Å²) >= 11 is 3.34. The van der Waals surface area contributed by atoms with Crippen molar-refractivity contribution in [2.75, 3.05) is 14.2 Å². The highest BCUT2D eigenvalue weighted by molar-refractivity contribution is 9.10. The van der Waals surface area contributed by atoms with Gasteiger partial charge in [-0.15, -0.1) is 0 Å². The molecule has 1 N–H and O–H groups in total. The van der Waals surface area contributed by atoms with Crippen molar-refractivity contribution in [3.05, 3.63) is 62.9 Å². The smallest absolute Gasteiger partial charge is 0.137 e. The lowest BCUT2D eigenvalue weighted by Crippen LogP contribution is -2.19. The molecule has 0 amide bonds. The predicted molar refractivity (Wildman–Crippen MR) is 87.5 cm³/mol. The highest BCUT2D eigenvalue weighted by atomic mass is 79.9. The summed E-state index contributed by atoms with van der Waals surface area (Å²) in [6.07, 6.45) is 0. The fraction of sp³-hybridized carbons (Fsp3) is 0.294. The van der Waals surface area contributed by atoms with Gasteiger partial charge in [-0.1, -0.05) is 24.3 Å². The van der Waals surface area contributed by atoms with Crippen LogP contribution in [0.1, 0.15) is 28.3 Å². The number of nitrogens with one attached hydrogen (secondary N) is 1. The first-order valence-electron chi connectivity index (χ1n) is 6.76. The van der Waals surface area contributed by atoms with Crippen LogP contribution in [0.5, 0.6) is 5.75 Å². The van der Waals surface area contributed by atoms with E-state index in [4.69, 9.17) is 4.74 Å². The number of benzene rings is 2. The van der Waals surface area contributed by atoms with Crippen LogP contribution in [0, 0.1) is 19.7 Å². The second-order valence-electron chi connectivity index (χ2n) is 5.05. The molecule has 0 aliphatic rings. The highest BCUT2D eigenvalue weighted by Crippen LogP contribution is 2.33. The molecule has 0 aromatic heterocycles. The first kappa shape index (κ1) is 16.0. The molecule has 0 saturated heterocycles. The molecule has 0 aliphatic heterocycles. The van der Waals surface area contributed by atoms with Gasteiger partial charge in [0.2, 0.25) is 0 Å². The van der Waals surface area contributed by atoms with Crippen LogP contribution >= 0.6 is 15.9 Å². The Balaban J connectivity index is 2.54. The SMILES string of the molecule is CNC(c1cc(C)c(OC)c(C)c1)c1cccc(F)c1Br. The molecule has 2 nitrogen and oxygen atoms in total. The van der Waals surface area contributed by atoms with E-state index in [1.165, 1.54) is 6.07 Å². The van der Waals surface area contributed by atoms with Crippen molar-refractivity contribution in [3.8, 4) is 5.75 Å². The number of halogens is 2. The van der Waals surface area contributed by atoms with Crippen LogP contribution in [-0.4, -0.2) is 14.2 Å². The van der Waals surface area contributed by atoms with Gasteiger partial charge in [0.1, 0.15) is 11.6 Å². The van der Waals surface area contributed by atoms with E-state index < -0.39 is 0 Å². The molecule has 2 aromatic rings. The van der Waals surface area contributed by atoms with Gasteiger partial charge in [-0.3, -0.25) is 0 Å². The molecule has 21 heavy (non-hydrogen) atoms. The molecule has 4 heteroatoms. The van der Waals surface area contributed by atoms with Crippen molar-refractivity contribution < 1.29 is 9.13 Å². The normalized spacial score (nSPS) is 12.3. The summed E-state index contributed by atoms with van der Waals surface area (Å²) in [6.45, 7) is 4.03. The minimum absolute atomic E-state index is 0.0848. The quantitative estimate of drug-likeness (QED) is 0.873. The Kier molecular flexibility index (Phi) is 5.01. The van der Waals surface area contributed by atoms with Gasteiger partial charge < -0.3 is 10.1 Å². The monoisotopic (exact) mass is 351 g/mol. The van der Waals surface area contributed by atoms with E-state index in [0.717, 1.165) is 28.0 Å². The Morgan fingerprint density at radius 2 is 1.81 bits per heavy atom. The maximum absolute atomic E-state index is 13.8. The van der Waals surface area contributed by atoms with E-state index in [1.54, 1.807) is 13.2 Å². The minimum atomic E-state index is -0.255. The Morgan fingerprint density at radius 3 is 2.33 bits per heavy atom. The van der Waals surface area contributed by atoms with Crippen molar-refractivity contribution in [2.24, 2.45) is 0 Å². The van der Waals surface area contributed by atoms with E-state index in [9.17, 15) is 4.39 Å². The van der Waals surface area contributed by atoms with Crippen LogP contribution in [0.15, 0.2) is 34.8 Å². The molecule has 2 rings (SSSR count). The summed E-state index contributed by atoms with van der Waals surface area (Å²) in [6, 6.07) is 9.16. The number of ether oxygens (including phenoxy) is 1. The molecule has 1 atom stereocenters. The molecule has 0 aliphatic carbocycles. The largest absolute Gasteiger partial charge is 0.496 e. The maximum atomic E-state index is 13.8. The Morgan fingerprint density at radius 1 is 1.19 bits per heavy atom. The van der Waals surface area contributed by atoms with Crippen molar-refractivity contribution in [3.63, 3.8) is 0 Å². The van der Waals surface area contributed by atoms with Gasteiger partial charge >= 0.3 is 0 Å². The zero-order valence-electron chi connectivity index (χ0n) is 12.6. The average molecular weight is 352 g/mol. The molecule has 0 spiro atoms. The van der Waals surface area contributed by atoms with Crippen molar-refractivity contribution in [1.29, 1.82) is 0 Å². The summed E-state index contributed by atoms with van der Waals surface area (Å²) in [5, 5.41) is 3.26. The van der Waals surface area contributed by atoms with Crippen molar-refractivity contribution in [2.45, 2.75) is 19.9 Å². The van der Waals surface area contributed by atoms with Crippen LogP contribution < -0.4 is 10.1 Å². The number of hydrogen-bond donors (Lipinski definition) is 1. The van der Waals surface area contributed by atoms with Crippen LogP contribution in [0.25, 0.3) is 0 Å². The van der Waals surface area contributed by atoms with Gasteiger partial charge in [0, 0.05) is 0 Å². The number of aryl methyl sites for hydroxylation is 2. The molecule has 2 aromatic carbocycles. The van der Waals surface area contributed by atoms with Crippen LogP contribution in [0.2, 0.25) is 0 Å². The second-order valence-corrected chi connectivity index (χ2v) is 5.85. The topological polar surface area (TPSA) is 21.3 Å². The van der Waals surface area contributed by atoms with Gasteiger partial charge in [0.15, 0.2) is 0 Å². The molecule has 0 radical (unpaired) electrons. The molecule has 1 unspecified atom stereocenters. The zero-order valence-corrected chi connectivity index (χ0v) is 14.2. The van der Waals surface area contributed by atoms with E-state index in [-0.39, 0.29) is 11.9 Å². The van der Waals surface area contributed by atoms with Gasteiger partial charge in [-0.05, 0) is 65.1 Å². The molecular weight excluding hydrogens is 333 g/mol. The fourth-order valence-electron chi connectivity index (χ4n) is 2.72. The van der Waals surface area contributed by atoms with Crippen LogP contribution in [0.3, 0.4) is 0 Å². The summed E-state index contributed by atoms with van der Waals surface area (Å²) in [5.74, 6) is 0.640. The minimum Gasteiger partial charge on any atom is -0.496 e. The van der Waals surface area contributed by atoms with Gasteiger partial charge in [-0.2, -0.15) is 0 Å². The zero-order chi connectivity index (χ0) is 15.6. The van der Waals surface area contributed by atoms with Crippen molar-refractivity contribution in [1.82, 2.24) is 5.32 Å². The van der Waals surface area contributed by atoms with E-state index in [0.29, 0.717) is 4.47 Å². The molecular formula is C17H19BrFNO. The Bertz CT molecular complexity index is 634. The second kappa shape index (κ2) is 6.58. The van der Waals surface area contributed by atoms with E-state index in [2.05, 4.69) is 33.4 Å². The Hall–Kier alpha value is -1.39. The standard InChI is InChI=1S/C17H19BrFNO/c1-10-8-12(9-11(2)17(10)21-4)16(20-3)13-6-5-7-14(19)15(13)18/h5-9,16,20H,1-4H3. The maximum Gasteiger partial charge on any atom is 0.137 e. The van der Waals surface area contributed by atoms with E-state index >= 15 is 0 Å². The molecule has 0 saturated carbocycles. The number of rotatable bonds is 4. The predicted octanol–water partition coefficient (Wildman–Crippen LogP) is 4.52. The molecule has 0 bridgehead atoms. The summed E-state index contributed by atoms with van der Waals surface area (Å²) in [7, 11) is 3.55. The lowest BCUT2D eigenvalue weighted by molar-refractivity contribution is 0.408. The molecule has 0 fully saturated rings. The van der Waals surface area contributed by atoms with Crippen molar-refractivity contribution >= 4 is 15.9 Å².